The summed E-state index contributed by atoms with van der Waals surface area (Å²) in [7, 11) is 0. The molecule has 1 aliphatic rings. The van der Waals surface area contributed by atoms with Gasteiger partial charge in [-0.25, -0.2) is 9.97 Å². The van der Waals surface area contributed by atoms with E-state index in [1.807, 2.05) is 18.2 Å². The largest absolute Gasteiger partial charge is 0.338 e. The third-order valence-corrected chi connectivity index (χ3v) is 3.34. The van der Waals surface area contributed by atoms with Crippen LogP contribution in [-0.4, -0.2) is 41.9 Å². The maximum Gasteiger partial charge on any atom is 0.225 e. The van der Waals surface area contributed by atoms with Gasteiger partial charge in [-0.05, 0) is 0 Å². The van der Waals surface area contributed by atoms with Crippen molar-refractivity contribution >= 4 is 24.1 Å². The third kappa shape index (κ3) is 3.56. The van der Waals surface area contributed by atoms with Crippen LogP contribution in [0.25, 0.3) is 0 Å². The van der Waals surface area contributed by atoms with Crippen molar-refractivity contribution in [2.75, 3.05) is 31.1 Å². The molecule has 0 spiro atoms. The normalized spacial score (nSPS) is 14.4. The van der Waals surface area contributed by atoms with Crippen molar-refractivity contribution in [3.63, 3.8) is 0 Å². The predicted molar refractivity (Wildman–Crippen MR) is 84.2 cm³/mol. The SMILES string of the molecule is Cl.O=C(c1ccccc1)c1cnc(N2CCNCC2)nc1. The number of nitrogens with one attached hydrogen (secondary N) is 1. The molecule has 2 aromatic rings. The van der Waals surface area contributed by atoms with Gasteiger partial charge in [-0.2, -0.15) is 0 Å². The Kier molecular flexibility index (Phi) is 5.25. The van der Waals surface area contributed by atoms with Crippen molar-refractivity contribution in [1.82, 2.24) is 15.3 Å². The lowest BCUT2D eigenvalue weighted by Crippen LogP contribution is -2.44. The van der Waals surface area contributed by atoms with Crippen LogP contribution in [0.2, 0.25) is 0 Å². The minimum absolute atomic E-state index is 0. The first-order valence-corrected chi connectivity index (χ1v) is 6.72. The number of ketones is 1. The Morgan fingerprint density at radius 3 is 2.24 bits per heavy atom. The van der Waals surface area contributed by atoms with Gasteiger partial charge in [0.2, 0.25) is 5.95 Å². The fraction of sp³-hybridized carbons (Fsp3) is 0.267. The Balaban J connectivity index is 0.00000161. The van der Waals surface area contributed by atoms with E-state index in [0.717, 1.165) is 26.2 Å². The molecule has 1 N–H and O–H groups in total. The molecule has 6 heteroatoms. The molecule has 2 heterocycles. The second kappa shape index (κ2) is 7.15. The summed E-state index contributed by atoms with van der Waals surface area (Å²) in [5, 5.41) is 3.28. The summed E-state index contributed by atoms with van der Waals surface area (Å²) in [6.45, 7) is 3.67. The zero-order valence-electron chi connectivity index (χ0n) is 11.5. The summed E-state index contributed by atoms with van der Waals surface area (Å²) < 4.78 is 0. The molecule has 110 valence electrons. The van der Waals surface area contributed by atoms with Gasteiger partial charge in [0.25, 0.3) is 0 Å². The highest BCUT2D eigenvalue weighted by molar-refractivity contribution is 6.08. The summed E-state index contributed by atoms with van der Waals surface area (Å²) in [5.41, 5.74) is 1.18. The van der Waals surface area contributed by atoms with E-state index < -0.39 is 0 Å². The van der Waals surface area contributed by atoms with Crippen molar-refractivity contribution < 1.29 is 4.79 Å². The number of piperazine rings is 1. The van der Waals surface area contributed by atoms with Crippen LogP contribution >= 0.6 is 12.4 Å². The Morgan fingerprint density at radius 2 is 1.62 bits per heavy atom. The Labute approximate surface area is 129 Å². The monoisotopic (exact) mass is 304 g/mol. The average Bonchev–Trinajstić information content (AvgIpc) is 2.56. The molecule has 1 saturated heterocycles. The van der Waals surface area contributed by atoms with E-state index in [1.54, 1.807) is 24.5 Å². The second-order valence-corrected chi connectivity index (χ2v) is 4.70. The Bertz CT molecular complexity index is 582. The van der Waals surface area contributed by atoms with Crippen molar-refractivity contribution in [3.05, 3.63) is 53.9 Å². The van der Waals surface area contributed by atoms with Gasteiger partial charge < -0.3 is 10.2 Å². The fourth-order valence-corrected chi connectivity index (χ4v) is 2.22. The van der Waals surface area contributed by atoms with Crippen molar-refractivity contribution in [1.29, 1.82) is 0 Å². The predicted octanol–water partition coefficient (Wildman–Crippen LogP) is 1.54. The van der Waals surface area contributed by atoms with Crippen LogP contribution in [0.1, 0.15) is 15.9 Å². The maximum atomic E-state index is 12.2. The smallest absolute Gasteiger partial charge is 0.225 e. The van der Waals surface area contributed by atoms with Crippen LogP contribution in [0.3, 0.4) is 0 Å². The average molecular weight is 305 g/mol. The summed E-state index contributed by atoms with van der Waals surface area (Å²) in [6.07, 6.45) is 3.22. The van der Waals surface area contributed by atoms with E-state index in [-0.39, 0.29) is 18.2 Å². The standard InChI is InChI=1S/C15H16N4O.ClH/c20-14(12-4-2-1-3-5-12)13-10-17-15(18-11-13)19-8-6-16-7-9-19;/h1-5,10-11,16H,6-9H2;1H. The van der Waals surface area contributed by atoms with Gasteiger partial charge in [0.05, 0.1) is 5.56 Å². The highest BCUT2D eigenvalue weighted by atomic mass is 35.5. The van der Waals surface area contributed by atoms with E-state index in [2.05, 4.69) is 20.2 Å². The molecule has 0 amide bonds. The number of anilines is 1. The Hall–Kier alpha value is -1.98. The molecule has 1 aromatic heterocycles. The van der Waals surface area contributed by atoms with Crippen LogP contribution in [0.5, 0.6) is 0 Å². The zero-order valence-corrected chi connectivity index (χ0v) is 12.3. The second-order valence-electron chi connectivity index (χ2n) is 4.70. The van der Waals surface area contributed by atoms with Gasteiger partial charge in [-0.15, -0.1) is 12.4 Å². The van der Waals surface area contributed by atoms with E-state index in [4.69, 9.17) is 0 Å². The molecule has 0 radical (unpaired) electrons. The minimum Gasteiger partial charge on any atom is -0.338 e. The van der Waals surface area contributed by atoms with E-state index in [9.17, 15) is 4.79 Å². The molecule has 0 bridgehead atoms. The molecule has 0 unspecified atom stereocenters. The molecule has 0 aliphatic carbocycles. The van der Waals surface area contributed by atoms with Gasteiger partial charge >= 0.3 is 0 Å². The van der Waals surface area contributed by atoms with Crippen LogP contribution in [-0.2, 0) is 0 Å². The molecule has 0 saturated carbocycles. The molecule has 1 aliphatic heterocycles. The lowest BCUT2D eigenvalue weighted by atomic mass is 10.1. The van der Waals surface area contributed by atoms with Crippen molar-refractivity contribution in [2.24, 2.45) is 0 Å². The van der Waals surface area contributed by atoms with Gasteiger partial charge in [0, 0.05) is 44.1 Å². The lowest BCUT2D eigenvalue weighted by Gasteiger charge is -2.27. The maximum absolute atomic E-state index is 12.2. The molecule has 21 heavy (non-hydrogen) atoms. The van der Waals surface area contributed by atoms with E-state index in [0.29, 0.717) is 17.1 Å². The number of hydrogen-bond donors (Lipinski definition) is 1. The summed E-state index contributed by atoms with van der Waals surface area (Å²) >= 11 is 0. The number of nitrogens with zero attached hydrogens (tertiary/aromatic N) is 3. The van der Waals surface area contributed by atoms with Crippen LogP contribution in [0.15, 0.2) is 42.7 Å². The molecule has 3 rings (SSSR count). The molecule has 5 nitrogen and oxygen atoms in total. The minimum atomic E-state index is -0.0440. The zero-order chi connectivity index (χ0) is 13.8. The number of carbonyl (C=O) groups is 1. The number of rotatable bonds is 3. The topological polar surface area (TPSA) is 58.1 Å². The fourth-order valence-electron chi connectivity index (χ4n) is 2.22. The lowest BCUT2D eigenvalue weighted by molar-refractivity contribution is 0.103. The van der Waals surface area contributed by atoms with Crippen LogP contribution in [0, 0.1) is 0 Å². The molecular weight excluding hydrogens is 288 g/mol. The number of hydrogen-bond acceptors (Lipinski definition) is 5. The number of carbonyl (C=O) groups excluding carboxylic acids is 1. The first-order valence-electron chi connectivity index (χ1n) is 6.72. The van der Waals surface area contributed by atoms with E-state index in [1.165, 1.54) is 0 Å². The van der Waals surface area contributed by atoms with Crippen molar-refractivity contribution in [3.8, 4) is 0 Å². The molecule has 0 atom stereocenters. The molecular formula is C15H17ClN4O. The van der Waals surface area contributed by atoms with Gasteiger partial charge in [-0.3, -0.25) is 4.79 Å². The van der Waals surface area contributed by atoms with E-state index >= 15 is 0 Å². The number of aromatic nitrogens is 2. The van der Waals surface area contributed by atoms with Gasteiger partial charge in [-0.1, -0.05) is 30.3 Å². The summed E-state index contributed by atoms with van der Waals surface area (Å²) in [5.74, 6) is 0.647. The quantitative estimate of drug-likeness (QED) is 0.872. The number of benzene rings is 1. The number of halogens is 1. The molecule has 1 fully saturated rings. The third-order valence-electron chi connectivity index (χ3n) is 3.34. The first-order chi connectivity index (χ1) is 9.84. The van der Waals surface area contributed by atoms with Crippen molar-refractivity contribution in [2.45, 2.75) is 0 Å². The highest BCUT2D eigenvalue weighted by Gasteiger charge is 2.14. The van der Waals surface area contributed by atoms with Crippen LogP contribution in [0.4, 0.5) is 5.95 Å². The summed E-state index contributed by atoms with van der Waals surface area (Å²) in [4.78, 5) is 23.0. The van der Waals surface area contributed by atoms with Gasteiger partial charge in [0.15, 0.2) is 5.78 Å². The first kappa shape index (κ1) is 15.4. The van der Waals surface area contributed by atoms with Gasteiger partial charge in [0.1, 0.15) is 0 Å². The van der Waals surface area contributed by atoms with Crippen LogP contribution < -0.4 is 10.2 Å². The molecule has 1 aromatic carbocycles. The highest BCUT2D eigenvalue weighted by Crippen LogP contribution is 2.11. The summed E-state index contributed by atoms with van der Waals surface area (Å²) in [6, 6.07) is 9.19. The Morgan fingerprint density at radius 1 is 1.00 bits per heavy atom.